The van der Waals surface area contributed by atoms with Crippen LogP contribution in [0.15, 0.2) is 58.9 Å². The third kappa shape index (κ3) is 3.48. The highest BCUT2D eigenvalue weighted by Gasteiger charge is 2.39. The van der Waals surface area contributed by atoms with Crippen LogP contribution in [0.5, 0.6) is 0 Å². The second kappa shape index (κ2) is 6.91. The normalized spacial score (nSPS) is 18.0. The number of carbonyl (C=O) groups is 1. The molecule has 1 spiro atoms. The van der Waals surface area contributed by atoms with Gasteiger partial charge in [0, 0.05) is 36.5 Å². The molecule has 5 nitrogen and oxygen atoms in total. The van der Waals surface area contributed by atoms with E-state index in [-0.39, 0.29) is 5.91 Å². The van der Waals surface area contributed by atoms with Gasteiger partial charge in [-0.15, -0.1) is 0 Å². The molecule has 0 unspecified atom stereocenters. The lowest BCUT2D eigenvalue weighted by molar-refractivity contribution is -0.0690. The number of allylic oxidation sites excluding steroid dienone is 1. The van der Waals surface area contributed by atoms with Gasteiger partial charge in [0.2, 0.25) is 0 Å². The number of hydroxylamine groups is 1. The molecule has 132 valence electrons. The summed E-state index contributed by atoms with van der Waals surface area (Å²) in [5.74, 6) is 6.43. The van der Waals surface area contributed by atoms with Gasteiger partial charge < -0.3 is 9.32 Å². The van der Waals surface area contributed by atoms with Crippen LogP contribution in [0.1, 0.15) is 29.0 Å². The van der Waals surface area contributed by atoms with Crippen LogP contribution in [0.4, 0.5) is 0 Å². The number of carbonyl (C=O) groups excluding carboxylic acids is 1. The lowest BCUT2D eigenvalue weighted by Gasteiger charge is -2.36. The predicted molar refractivity (Wildman–Crippen MR) is 97.2 cm³/mol. The zero-order valence-electron chi connectivity index (χ0n) is 14.0. The summed E-state index contributed by atoms with van der Waals surface area (Å²) in [5, 5.41) is 0.659. The van der Waals surface area contributed by atoms with E-state index in [1.165, 1.54) is 6.26 Å². The standard InChI is InChI=1S/C20H17ClN2O3/c21-16-4-1-3-15(13-16)6-7-17-14-20(26-22-17)8-10-23(11-9-20)19(24)18-5-2-12-25-18/h1-5,12-14,22H,8-11H2. The van der Waals surface area contributed by atoms with Crippen molar-refractivity contribution >= 4 is 17.5 Å². The molecular formula is C20H17ClN2O3. The number of amides is 1. The van der Waals surface area contributed by atoms with E-state index in [0.717, 1.165) is 11.3 Å². The number of likely N-dealkylation sites (tertiary alicyclic amines) is 1. The summed E-state index contributed by atoms with van der Waals surface area (Å²) in [6, 6.07) is 10.8. The van der Waals surface area contributed by atoms with Crippen molar-refractivity contribution in [2.45, 2.75) is 18.4 Å². The lowest BCUT2D eigenvalue weighted by atomic mass is 9.91. The minimum absolute atomic E-state index is 0.0826. The quantitative estimate of drug-likeness (QED) is 0.784. The molecule has 1 saturated heterocycles. The Kier molecular flexibility index (Phi) is 4.46. The van der Waals surface area contributed by atoms with Crippen LogP contribution in [-0.4, -0.2) is 29.5 Å². The summed E-state index contributed by atoms with van der Waals surface area (Å²) in [7, 11) is 0. The van der Waals surface area contributed by atoms with Crippen molar-refractivity contribution in [2.75, 3.05) is 13.1 Å². The van der Waals surface area contributed by atoms with Gasteiger partial charge in [-0.25, -0.2) is 0 Å². The largest absolute Gasteiger partial charge is 0.459 e. The van der Waals surface area contributed by atoms with E-state index in [2.05, 4.69) is 17.3 Å². The third-order valence-corrected chi connectivity index (χ3v) is 4.80. The molecule has 1 aromatic heterocycles. The number of hydrogen-bond donors (Lipinski definition) is 1. The van der Waals surface area contributed by atoms with Crippen LogP contribution in [0.25, 0.3) is 0 Å². The highest BCUT2D eigenvalue weighted by Crippen LogP contribution is 2.32. The molecular weight excluding hydrogens is 352 g/mol. The first-order valence-electron chi connectivity index (χ1n) is 8.41. The molecule has 1 N–H and O–H groups in total. The Labute approximate surface area is 156 Å². The fraction of sp³-hybridized carbons (Fsp3) is 0.250. The Morgan fingerprint density at radius 3 is 2.77 bits per heavy atom. The molecule has 2 aliphatic heterocycles. The van der Waals surface area contributed by atoms with Crippen LogP contribution in [0, 0.1) is 11.8 Å². The SMILES string of the molecule is O=C(c1ccco1)N1CCC2(C=C(C#Cc3cccc(Cl)c3)NO2)CC1. The second-order valence-electron chi connectivity index (χ2n) is 6.36. The second-order valence-corrected chi connectivity index (χ2v) is 6.79. The minimum atomic E-state index is -0.418. The maximum atomic E-state index is 12.3. The number of halogens is 1. The summed E-state index contributed by atoms with van der Waals surface area (Å²) in [5.41, 5.74) is 4.07. The molecule has 0 bridgehead atoms. The van der Waals surface area contributed by atoms with E-state index < -0.39 is 5.60 Å². The van der Waals surface area contributed by atoms with Gasteiger partial charge in [0.05, 0.1) is 6.26 Å². The molecule has 0 atom stereocenters. The molecule has 1 aromatic carbocycles. The molecule has 6 heteroatoms. The van der Waals surface area contributed by atoms with Gasteiger partial charge in [-0.2, -0.15) is 0 Å². The number of rotatable bonds is 1. The molecule has 2 aliphatic rings. The van der Waals surface area contributed by atoms with Crippen LogP contribution in [0.2, 0.25) is 5.02 Å². The van der Waals surface area contributed by atoms with E-state index >= 15 is 0 Å². The minimum Gasteiger partial charge on any atom is -0.459 e. The van der Waals surface area contributed by atoms with E-state index in [1.54, 1.807) is 17.0 Å². The number of nitrogens with one attached hydrogen (secondary N) is 1. The van der Waals surface area contributed by atoms with Crippen molar-refractivity contribution in [3.63, 3.8) is 0 Å². The average molecular weight is 369 g/mol. The number of hydrogen-bond acceptors (Lipinski definition) is 4. The molecule has 26 heavy (non-hydrogen) atoms. The number of benzene rings is 1. The number of nitrogens with zero attached hydrogens (tertiary/aromatic N) is 1. The van der Waals surface area contributed by atoms with Crippen molar-refractivity contribution in [1.29, 1.82) is 0 Å². The summed E-state index contributed by atoms with van der Waals surface area (Å²) >= 11 is 5.97. The molecule has 3 heterocycles. The zero-order valence-corrected chi connectivity index (χ0v) is 14.8. The van der Waals surface area contributed by atoms with Gasteiger partial charge in [0.1, 0.15) is 11.3 Å². The first-order valence-corrected chi connectivity index (χ1v) is 8.79. The lowest BCUT2D eigenvalue weighted by Crippen LogP contribution is -2.46. The Morgan fingerprint density at radius 2 is 2.04 bits per heavy atom. The van der Waals surface area contributed by atoms with E-state index in [4.69, 9.17) is 20.9 Å². The van der Waals surface area contributed by atoms with Crippen molar-refractivity contribution in [3.05, 3.63) is 70.8 Å². The van der Waals surface area contributed by atoms with Gasteiger partial charge in [-0.3, -0.25) is 15.1 Å². The fourth-order valence-corrected chi connectivity index (χ4v) is 3.33. The molecule has 4 rings (SSSR count). The fourth-order valence-electron chi connectivity index (χ4n) is 3.14. The van der Waals surface area contributed by atoms with Gasteiger partial charge in [-0.1, -0.05) is 23.6 Å². The van der Waals surface area contributed by atoms with Crippen LogP contribution < -0.4 is 5.48 Å². The maximum Gasteiger partial charge on any atom is 0.289 e. The summed E-state index contributed by atoms with van der Waals surface area (Å²) in [6.07, 6.45) is 4.93. The van der Waals surface area contributed by atoms with Crippen LogP contribution in [0.3, 0.4) is 0 Å². The van der Waals surface area contributed by atoms with Crippen molar-refractivity contribution in [1.82, 2.24) is 10.4 Å². The average Bonchev–Trinajstić information content (AvgIpc) is 3.31. The predicted octanol–water partition coefficient (Wildman–Crippen LogP) is 3.38. The van der Waals surface area contributed by atoms with Gasteiger partial charge in [0.25, 0.3) is 5.91 Å². The van der Waals surface area contributed by atoms with Gasteiger partial charge in [0.15, 0.2) is 5.76 Å². The highest BCUT2D eigenvalue weighted by molar-refractivity contribution is 6.30. The van der Waals surface area contributed by atoms with E-state index in [1.807, 2.05) is 30.3 Å². The highest BCUT2D eigenvalue weighted by atomic mass is 35.5. The topological polar surface area (TPSA) is 54.7 Å². The smallest absolute Gasteiger partial charge is 0.289 e. The monoisotopic (exact) mass is 368 g/mol. The Morgan fingerprint density at radius 1 is 1.19 bits per heavy atom. The molecule has 0 radical (unpaired) electrons. The Balaban J connectivity index is 1.41. The summed E-state index contributed by atoms with van der Waals surface area (Å²) < 4.78 is 5.19. The third-order valence-electron chi connectivity index (χ3n) is 4.57. The van der Waals surface area contributed by atoms with E-state index in [9.17, 15) is 4.79 Å². The molecule has 1 amide bonds. The van der Waals surface area contributed by atoms with Crippen molar-refractivity contribution in [3.8, 4) is 11.8 Å². The van der Waals surface area contributed by atoms with Crippen molar-refractivity contribution < 1.29 is 14.0 Å². The molecule has 1 fully saturated rings. The number of furan rings is 1. The molecule has 0 aliphatic carbocycles. The molecule has 0 saturated carbocycles. The Hall–Kier alpha value is -2.68. The van der Waals surface area contributed by atoms with Crippen molar-refractivity contribution in [2.24, 2.45) is 0 Å². The Bertz CT molecular complexity index is 901. The van der Waals surface area contributed by atoms with Gasteiger partial charge >= 0.3 is 0 Å². The maximum absolute atomic E-state index is 12.3. The number of piperidine rings is 1. The molecule has 2 aromatic rings. The van der Waals surface area contributed by atoms with Crippen LogP contribution in [-0.2, 0) is 4.84 Å². The van der Waals surface area contributed by atoms with Crippen LogP contribution >= 0.6 is 11.6 Å². The van der Waals surface area contributed by atoms with E-state index in [0.29, 0.717) is 36.7 Å². The zero-order chi connectivity index (χ0) is 18.0. The van der Waals surface area contributed by atoms with Gasteiger partial charge in [-0.05, 0) is 42.3 Å². The first kappa shape index (κ1) is 16.8. The summed E-state index contributed by atoms with van der Waals surface area (Å²) in [4.78, 5) is 19.9. The first-order chi connectivity index (χ1) is 12.6. The summed E-state index contributed by atoms with van der Waals surface area (Å²) in [6.45, 7) is 1.21.